The molecule has 2 atom stereocenters. The van der Waals surface area contributed by atoms with E-state index in [0.29, 0.717) is 25.6 Å². The van der Waals surface area contributed by atoms with Crippen molar-refractivity contribution >= 4 is 5.91 Å². The molecule has 21 heavy (non-hydrogen) atoms. The van der Waals surface area contributed by atoms with Crippen LogP contribution in [0.5, 0.6) is 0 Å². The summed E-state index contributed by atoms with van der Waals surface area (Å²) < 4.78 is 2.35. The maximum Gasteiger partial charge on any atom is 0.232 e. The van der Waals surface area contributed by atoms with Crippen LogP contribution in [0.15, 0.2) is 12.1 Å². The van der Waals surface area contributed by atoms with Gasteiger partial charge in [0.2, 0.25) is 11.9 Å². The molecule has 2 aliphatic rings. The number of piperidine rings is 1. The summed E-state index contributed by atoms with van der Waals surface area (Å²) in [6.45, 7) is 5.63. The van der Waals surface area contributed by atoms with Crippen molar-refractivity contribution in [3.8, 4) is 0 Å². The van der Waals surface area contributed by atoms with Crippen LogP contribution >= 0.6 is 0 Å². The van der Waals surface area contributed by atoms with E-state index in [9.17, 15) is 14.9 Å². The standard InChI is InChI=1S/C15H21N3O3/c1-10-3-4-11(2)17(10)12-5-7-16(8-6-12)15(19)13-9-14(13)18(20)21/h3-4,12-14H,5-9H2,1-2H3/t13-,14+/m1/s1. The maximum atomic E-state index is 12.2. The number of nitrogens with zero attached hydrogens (tertiary/aromatic N) is 3. The number of hydrogen-bond acceptors (Lipinski definition) is 3. The summed E-state index contributed by atoms with van der Waals surface area (Å²) in [5, 5.41) is 10.7. The highest BCUT2D eigenvalue weighted by atomic mass is 16.6. The molecule has 6 heteroatoms. The number of aromatic nitrogens is 1. The summed E-state index contributed by atoms with van der Waals surface area (Å²) in [6.07, 6.45) is 2.28. The van der Waals surface area contributed by atoms with Crippen LogP contribution in [0.2, 0.25) is 0 Å². The van der Waals surface area contributed by atoms with Crippen LogP contribution in [0.25, 0.3) is 0 Å². The lowest BCUT2D eigenvalue weighted by atomic mass is 10.0. The number of nitro groups is 1. The van der Waals surface area contributed by atoms with Crippen molar-refractivity contribution in [3.63, 3.8) is 0 Å². The molecule has 0 radical (unpaired) electrons. The summed E-state index contributed by atoms with van der Waals surface area (Å²) in [5.74, 6) is -0.386. The first-order valence-electron chi connectivity index (χ1n) is 7.55. The van der Waals surface area contributed by atoms with Crippen LogP contribution in [0.4, 0.5) is 0 Å². The number of aryl methyl sites for hydroxylation is 2. The second-order valence-electron chi connectivity index (χ2n) is 6.24. The molecule has 114 valence electrons. The molecule has 0 bridgehead atoms. The summed E-state index contributed by atoms with van der Waals surface area (Å²) in [7, 11) is 0. The smallest absolute Gasteiger partial charge is 0.232 e. The zero-order valence-corrected chi connectivity index (χ0v) is 12.5. The minimum absolute atomic E-state index is 0.0175. The van der Waals surface area contributed by atoms with E-state index in [0.717, 1.165) is 12.8 Å². The molecule has 2 heterocycles. The van der Waals surface area contributed by atoms with Gasteiger partial charge in [0.1, 0.15) is 5.92 Å². The Morgan fingerprint density at radius 3 is 2.29 bits per heavy atom. The Balaban J connectivity index is 1.59. The molecule has 1 saturated heterocycles. The minimum Gasteiger partial charge on any atom is -0.346 e. The van der Waals surface area contributed by atoms with E-state index in [1.807, 2.05) is 4.90 Å². The molecule has 2 fully saturated rings. The van der Waals surface area contributed by atoms with Crippen molar-refractivity contribution in [1.82, 2.24) is 9.47 Å². The summed E-state index contributed by atoms with van der Waals surface area (Å²) >= 11 is 0. The van der Waals surface area contributed by atoms with Crippen molar-refractivity contribution in [1.29, 1.82) is 0 Å². The third kappa shape index (κ3) is 2.54. The molecular weight excluding hydrogens is 270 g/mol. The summed E-state index contributed by atoms with van der Waals surface area (Å²) in [5.41, 5.74) is 2.51. The Morgan fingerprint density at radius 2 is 1.81 bits per heavy atom. The number of likely N-dealkylation sites (tertiary alicyclic amines) is 1. The highest BCUT2D eigenvalue weighted by Crippen LogP contribution is 2.36. The fourth-order valence-corrected chi connectivity index (χ4v) is 3.51. The van der Waals surface area contributed by atoms with E-state index < -0.39 is 6.04 Å². The van der Waals surface area contributed by atoms with E-state index >= 15 is 0 Å². The lowest BCUT2D eigenvalue weighted by Gasteiger charge is -2.34. The largest absolute Gasteiger partial charge is 0.346 e. The van der Waals surface area contributed by atoms with Gasteiger partial charge >= 0.3 is 0 Å². The van der Waals surface area contributed by atoms with E-state index in [4.69, 9.17) is 0 Å². The molecule has 3 rings (SSSR count). The second-order valence-corrected chi connectivity index (χ2v) is 6.24. The number of carbonyl (C=O) groups excluding carboxylic acids is 1. The fourth-order valence-electron chi connectivity index (χ4n) is 3.51. The predicted octanol–water partition coefficient (Wildman–Crippen LogP) is 1.93. The highest BCUT2D eigenvalue weighted by Gasteiger charge is 2.54. The van der Waals surface area contributed by atoms with Gasteiger partial charge in [-0.2, -0.15) is 0 Å². The zero-order chi connectivity index (χ0) is 15.1. The Hall–Kier alpha value is -1.85. The third-order valence-electron chi connectivity index (χ3n) is 4.81. The first-order valence-corrected chi connectivity index (χ1v) is 7.55. The molecule has 1 aliphatic heterocycles. The van der Waals surface area contributed by atoms with Gasteiger partial charge in [-0.05, 0) is 38.8 Å². The van der Waals surface area contributed by atoms with Crippen LogP contribution in [-0.4, -0.2) is 39.4 Å². The fraction of sp³-hybridized carbons (Fsp3) is 0.667. The first kappa shape index (κ1) is 14.1. The average Bonchev–Trinajstić information content (AvgIpc) is 3.20. The minimum atomic E-state index is -0.635. The molecule has 0 aromatic carbocycles. The van der Waals surface area contributed by atoms with Crippen LogP contribution in [0.3, 0.4) is 0 Å². The van der Waals surface area contributed by atoms with Gasteiger partial charge in [0, 0.05) is 41.9 Å². The zero-order valence-electron chi connectivity index (χ0n) is 12.5. The van der Waals surface area contributed by atoms with Crippen LogP contribution in [-0.2, 0) is 4.79 Å². The van der Waals surface area contributed by atoms with Crippen molar-refractivity contribution in [2.75, 3.05) is 13.1 Å². The Labute approximate surface area is 123 Å². The van der Waals surface area contributed by atoms with Gasteiger partial charge in [-0.1, -0.05) is 0 Å². The van der Waals surface area contributed by atoms with E-state index in [2.05, 4.69) is 30.5 Å². The number of amides is 1. The van der Waals surface area contributed by atoms with Gasteiger partial charge in [0.15, 0.2) is 0 Å². The summed E-state index contributed by atoms with van der Waals surface area (Å²) in [4.78, 5) is 24.4. The Bertz CT molecular complexity index is 553. The van der Waals surface area contributed by atoms with Crippen molar-refractivity contribution in [2.24, 2.45) is 5.92 Å². The molecule has 1 aliphatic carbocycles. The Morgan fingerprint density at radius 1 is 1.24 bits per heavy atom. The van der Waals surface area contributed by atoms with Crippen LogP contribution in [0.1, 0.15) is 36.7 Å². The van der Waals surface area contributed by atoms with Gasteiger partial charge in [0.05, 0.1) is 0 Å². The van der Waals surface area contributed by atoms with Crippen LogP contribution < -0.4 is 0 Å². The highest BCUT2D eigenvalue weighted by molar-refractivity contribution is 5.82. The van der Waals surface area contributed by atoms with Crippen molar-refractivity contribution < 1.29 is 9.72 Å². The molecule has 0 spiro atoms. The average molecular weight is 291 g/mol. The molecule has 1 amide bonds. The molecule has 1 aromatic rings. The molecule has 6 nitrogen and oxygen atoms in total. The topological polar surface area (TPSA) is 68.4 Å². The SMILES string of the molecule is Cc1ccc(C)n1C1CCN(C(=O)[C@@H]2C[C@@H]2[N+](=O)[O-])CC1. The quantitative estimate of drug-likeness (QED) is 0.631. The Kier molecular flexibility index (Phi) is 3.47. The van der Waals surface area contributed by atoms with Gasteiger partial charge in [-0.3, -0.25) is 14.9 Å². The van der Waals surface area contributed by atoms with E-state index in [-0.39, 0.29) is 16.7 Å². The first-order chi connectivity index (χ1) is 9.99. The van der Waals surface area contributed by atoms with Gasteiger partial charge < -0.3 is 9.47 Å². The number of rotatable bonds is 3. The van der Waals surface area contributed by atoms with E-state index in [1.54, 1.807) is 0 Å². The van der Waals surface area contributed by atoms with Gasteiger partial charge in [-0.25, -0.2) is 0 Å². The monoisotopic (exact) mass is 291 g/mol. The lowest BCUT2D eigenvalue weighted by molar-refractivity contribution is -0.497. The molecule has 0 unspecified atom stereocenters. The van der Waals surface area contributed by atoms with Crippen molar-refractivity contribution in [3.05, 3.63) is 33.6 Å². The maximum absolute atomic E-state index is 12.2. The second kappa shape index (κ2) is 5.16. The normalized spacial score (nSPS) is 25.9. The molecular formula is C15H21N3O3. The van der Waals surface area contributed by atoms with Gasteiger partial charge in [-0.15, -0.1) is 0 Å². The molecule has 1 saturated carbocycles. The van der Waals surface area contributed by atoms with E-state index in [1.165, 1.54) is 11.4 Å². The molecule has 0 N–H and O–H groups in total. The number of hydrogen-bond donors (Lipinski definition) is 0. The summed E-state index contributed by atoms with van der Waals surface area (Å²) in [6, 6.07) is 4.05. The van der Waals surface area contributed by atoms with Crippen LogP contribution in [0, 0.1) is 29.9 Å². The molecule has 1 aromatic heterocycles. The van der Waals surface area contributed by atoms with Gasteiger partial charge in [0.25, 0.3) is 0 Å². The number of carbonyl (C=O) groups is 1. The lowest BCUT2D eigenvalue weighted by Crippen LogP contribution is -2.40. The van der Waals surface area contributed by atoms with Crippen molar-refractivity contribution in [2.45, 2.75) is 45.2 Å². The third-order valence-corrected chi connectivity index (χ3v) is 4.81. The predicted molar refractivity (Wildman–Crippen MR) is 77.6 cm³/mol.